The molecule has 0 saturated heterocycles. The fourth-order valence-corrected chi connectivity index (χ4v) is 2.28. The van der Waals surface area contributed by atoms with Gasteiger partial charge in [-0.05, 0) is 26.0 Å². The standard InChI is InChI=1S/C18H23N7O4/c1-4-7-29-18(28)24-23-16-17(27)25(12(3)8-21-16)10-15(26)20-9-14-13(19)6-5-11(2)22-14/h4-6,8H,1,7,9-10,19H2,2-3H3,(H,20,26)(H,21,23)(H,24,28). The second-order valence-electron chi connectivity index (χ2n) is 6.04. The zero-order valence-corrected chi connectivity index (χ0v) is 16.2. The van der Waals surface area contributed by atoms with E-state index in [1.807, 2.05) is 6.92 Å². The largest absolute Gasteiger partial charge is 0.444 e. The van der Waals surface area contributed by atoms with E-state index >= 15 is 0 Å². The maximum Gasteiger partial charge on any atom is 0.426 e. The van der Waals surface area contributed by atoms with Crippen LogP contribution < -0.4 is 27.5 Å². The van der Waals surface area contributed by atoms with Gasteiger partial charge in [0, 0.05) is 17.6 Å². The number of hydrogen-bond acceptors (Lipinski definition) is 8. The highest BCUT2D eigenvalue weighted by Crippen LogP contribution is 2.09. The molecular formula is C18H23N7O4. The number of hydrazine groups is 1. The number of nitrogen functional groups attached to an aromatic ring is 1. The normalized spacial score (nSPS) is 10.1. The number of pyridine rings is 1. The van der Waals surface area contributed by atoms with Gasteiger partial charge in [-0.1, -0.05) is 12.7 Å². The van der Waals surface area contributed by atoms with E-state index < -0.39 is 17.6 Å². The van der Waals surface area contributed by atoms with E-state index in [1.165, 1.54) is 16.8 Å². The maximum atomic E-state index is 12.5. The highest BCUT2D eigenvalue weighted by atomic mass is 16.6. The summed E-state index contributed by atoms with van der Waals surface area (Å²) in [7, 11) is 0. The number of aromatic nitrogens is 3. The smallest absolute Gasteiger partial charge is 0.426 e. The Hall–Kier alpha value is -3.89. The van der Waals surface area contributed by atoms with Crippen molar-refractivity contribution in [3.8, 4) is 0 Å². The molecule has 0 aromatic carbocycles. The van der Waals surface area contributed by atoms with Crippen LogP contribution in [-0.4, -0.2) is 33.1 Å². The third kappa shape index (κ3) is 6.06. The SMILES string of the molecule is C=CCOC(=O)NNc1ncc(C)n(CC(=O)NCc2nc(C)ccc2N)c1=O. The molecule has 2 heterocycles. The van der Waals surface area contributed by atoms with E-state index in [9.17, 15) is 14.4 Å². The first-order chi connectivity index (χ1) is 13.8. The Kier molecular flexibility index (Phi) is 7.29. The number of hydrogen-bond donors (Lipinski definition) is 4. The number of rotatable bonds is 8. The van der Waals surface area contributed by atoms with E-state index in [-0.39, 0.29) is 25.5 Å². The van der Waals surface area contributed by atoms with Gasteiger partial charge < -0.3 is 15.8 Å². The lowest BCUT2D eigenvalue weighted by atomic mass is 10.2. The molecular weight excluding hydrogens is 378 g/mol. The first kappa shape index (κ1) is 21.4. The maximum absolute atomic E-state index is 12.5. The summed E-state index contributed by atoms with van der Waals surface area (Å²) in [5.41, 5.74) is 12.1. The lowest BCUT2D eigenvalue weighted by Crippen LogP contribution is -2.38. The van der Waals surface area contributed by atoms with Gasteiger partial charge in [-0.15, -0.1) is 0 Å². The molecule has 0 aliphatic carbocycles. The monoisotopic (exact) mass is 401 g/mol. The Morgan fingerprint density at radius 3 is 2.83 bits per heavy atom. The van der Waals surface area contributed by atoms with Crippen LogP contribution in [0.2, 0.25) is 0 Å². The average Bonchev–Trinajstić information content (AvgIpc) is 2.69. The molecule has 2 rings (SSSR count). The van der Waals surface area contributed by atoms with Gasteiger partial charge in [0.2, 0.25) is 11.7 Å². The van der Waals surface area contributed by atoms with Crippen molar-refractivity contribution in [3.63, 3.8) is 0 Å². The molecule has 0 atom stereocenters. The number of carbonyl (C=O) groups is 2. The van der Waals surface area contributed by atoms with Crippen LogP contribution in [0.15, 0.2) is 35.8 Å². The molecule has 2 amide bonds. The summed E-state index contributed by atoms with van der Waals surface area (Å²) in [5, 5.41) is 2.68. The number of carbonyl (C=O) groups excluding carboxylic acids is 2. The lowest BCUT2D eigenvalue weighted by Gasteiger charge is -2.13. The molecule has 0 radical (unpaired) electrons. The average molecular weight is 401 g/mol. The van der Waals surface area contributed by atoms with E-state index in [2.05, 4.69) is 32.7 Å². The van der Waals surface area contributed by atoms with Crippen LogP contribution in [0.25, 0.3) is 0 Å². The molecule has 2 aromatic rings. The molecule has 5 N–H and O–H groups in total. The van der Waals surface area contributed by atoms with Crippen LogP contribution >= 0.6 is 0 Å². The minimum absolute atomic E-state index is 0.0134. The first-order valence-electron chi connectivity index (χ1n) is 8.66. The molecule has 0 fully saturated rings. The Morgan fingerprint density at radius 2 is 2.10 bits per heavy atom. The van der Waals surface area contributed by atoms with Crippen LogP contribution in [0.1, 0.15) is 17.1 Å². The number of anilines is 2. The zero-order chi connectivity index (χ0) is 21.4. The van der Waals surface area contributed by atoms with E-state index in [1.54, 1.807) is 19.1 Å². The van der Waals surface area contributed by atoms with Crippen LogP contribution in [0, 0.1) is 13.8 Å². The summed E-state index contributed by atoms with van der Waals surface area (Å²) >= 11 is 0. The first-order valence-corrected chi connectivity index (χ1v) is 8.66. The molecule has 2 aromatic heterocycles. The van der Waals surface area contributed by atoms with Gasteiger partial charge in [0.25, 0.3) is 5.56 Å². The molecule has 0 unspecified atom stereocenters. The van der Waals surface area contributed by atoms with Crippen molar-refractivity contribution in [2.75, 3.05) is 17.8 Å². The van der Waals surface area contributed by atoms with Crippen molar-refractivity contribution in [2.45, 2.75) is 26.9 Å². The van der Waals surface area contributed by atoms with Crippen molar-refractivity contribution >= 4 is 23.5 Å². The highest BCUT2D eigenvalue weighted by molar-refractivity contribution is 5.76. The molecule has 0 saturated carbocycles. The minimum atomic E-state index is -0.806. The van der Waals surface area contributed by atoms with Crippen molar-refractivity contribution in [3.05, 3.63) is 58.4 Å². The summed E-state index contributed by atoms with van der Waals surface area (Å²) in [4.78, 5) is 44.5. The number of ether oxygens (including phenoxy) is 1. The summed E-state index contributed by atoms with van der Waals surface area (Å²) in [6.45, 7) is 6.78. The third-order valence-electron chi connectivity index (χ3n) is 3.77. The molecule has 11 heteroatoms. The number of aryl methyl sites for hydroxylation is 2. The highest BCUT2D eigenvalue weighted by Gasteiger charge is 2.13. The molecule has 0 aliphatic heterocycles. The van der Waals surface area contributed by atoms with Crippen molar-refractivity contribution in [2.24, 2.45) is 0 Å². The van der Waals surface area contributed by atoms with Crippen LogP contribution in [-0.2, 0) is 22.6 Å². The Labute approximate surface area is 167 Å². The summed E-state index contributed by atoms with van der Waals surface area (Å²) in [6, 6.07) is 3.49. The lowest BCUT2D eigenvalue weighted by molar-refractivity contribution is -0.121. The molecule has 154 valence electrons. The number of nitrogens with two attached hydrogens (primary N) is 1. The molecule has 0 aliphatic rings. The fourth-order valence-electron chi connectivity index (χ4n) is 2.28. The summed E-state index contributed by atoms with van der Waals surface area (Å²) in [5.74, 6) is -0.572. The second-order valence-corrected chi connectivity index (χ2v) is 6.04. The number of nitrogens with one attached hydrogen (secondary N) is 3. The van der Waals surface area contributed by atoms with Gasteiger partial charge in [0.1, 0.15) is 13.2 Å². The second kappa shape index (κ2) is 9.88. The van der Waals surface area contributed by atoms with Crippen LogP contribution in [0.4, 0.5) is 16.3 Å². The van der Waals surface area contributed by atoms with Gasteiger partial charge in [0.15, 0.2) is 0 Å². The zero-order valence-electron chi connectivity index (χ0n) is 16.2. The summed E-state index contributed by atoms with van der Waals surface area (Å²) in [6.07, 6.45) is 1.99. The molecule has 0 bridgehead atoms. The molecule has 0 spiro atoms. The van der Waals surface area contributed by atoms with Crippen molar-refractivity contribution in [1.29, 1.82) is 0 Å². The fraction of sp³-hybridized carbons (Fsp3) is 0.278. The van der Waals surface area contributed by atoms with Gasteiger partial charge in [-0.2, -0.15) is 0 Å². The van der Waals surface area contributed by atoms with E-state index in [0.717, 1.165) is 5.69 Å². The quantitative estimate of drug-likeness (QED) is 0.366. The van der Waals surface area contributed by atoms with Gasteiger partial charge in [-0.3, -0.25) is 24.6 Å². The van der Waals surface area contributed by atoms with Crippen LogP contribution in [0.5, 0.6) is 0 Å². The van der Waals surface area contributed by atoms with E-state index in [0.29, 0.717) is 17.1 Å². The number of nitrogens with zero attached hydrogens (tertiary/aromatic N) is 3. The van der Waals surface area contributed by atoms with E-state index in [4.69, 9.17) is 10.5 Å². The van der Waals surface area contributed by atoms with Crippen molar-refractivity contribution in [1.82, 2.24) is 25.3 Å². The minimum Gasteiger partial charge on any atom is -0.444 e. The Balaban J connectivity index is 2.03. The third-order valence-corrected chi connectivity index (χ3v) is 3.77. The Morgan fingerprint density at radius 1 is 1.34 bits per heavy atom. The summed E-state index contributed by atoms with van der Waals surface area (Å²) < 4.78 is 5.93. The predicted molar refractivity (Wildman–Crippen MR) is 107 cm³/mol. The topological polar surface area (TPSA) is 153 Å². The predicted octanol–water partition coefficient (Wildman–Crippen LogP) is 0.393. The van der Waals surface area contributed by atoms with Crippen LogP contribution in [0.3, 0.4) is 0 Å². The van der Waals surface area contributed by atoms with Gasteiger partial charge in [-0.25, -0.2) is 15.2 Å². The number of amides is 2. The Bertz CT molecular complexity index is 971. The van der Waals surface area contributed by atoms with Gasteiger partial charge >= 0.3 is 6.09 Å². The van der Waals surface area contributed by atoms with Gasteiger partial charge in [0.05, 0.1) is 17.9 Å². The van der Waals surface area contributed by atoms with Crippen molar-refractivity contribution < 1.29 is 14.3 Å². The molecule has 11 nitrogen and oxygen atoms in total. The molecule has 29 heavy (non-hydrogen) atoms.